The van der Waals surface area contributed by atoms with Crippen molar-refractivity contribution in [3.8, 4) is 0 Å². The van der Waals surface area contributed by atoms with Gasteiger partial charge in [0.15, 0.2) is 5.16 Å². The first-order chi connectivity index (χ1) is 12.3. The number of aromatic amines is 2. The second-order valence-corrected chi connectivity index (χ2v) is 6.39. The molecule has 0 aliphatic heterocycles. The maximum Gasteiger partial charge on any atom is 0.250 e. The van der Waals surface area contributed by atoms with Crippen molar-refractivity contribution in [1.29, 1.82) is 0 Å². The van der Waals surface area contributed by atoms with Crippen LogP contribution in [-0.2, 0) is 4.79 Å². The Morgan fingerprint density at radius 1 is 1.16 bits per heavy atom. The highest BCUT2D eigenvalue weighted by atomic mass is 32.2. The number of amides is 1. The lowest BCUT2D eigenvalue weighted by atomic mass is 10.2. The smallest absolute Gasteiger partial charge is 0.250 e. The minimum Gasteiger partial charge on any atom is -0.361 e. The molecule has 4 rings (SSSR count). The van der Waals surface area contributed by atoms with Gasteiger partial charge in [-0.15, -0.1) is 0 Å². The van der Waals surface area contributed by atoms with Gasteiger partial charge in [0.05, 0.1) is 23.0 Å². The van der Waals surface area contributed by atoms with E-state index in [1.165, 1.54) is 11.8 Å². The first-order valence-corrected chi connectivity index (χ1v) is 8.74. The molecular weight excluding hydrogens is 334 g/mol. The second kappa shape index (κ2) is 6.82. The van der Waals surface area contributed by atoms with E-state index in [1.807, 2.05) is 54.7 Å². The van der Waals surface area contributed by atoms with Crippen LogP contribution in [0.25, 0.3) is 21.9 Å². The van der Waals surface area contributed by atoms with Crippen molar-refractivity contribution in [1.82, 2.24) is 20.4 Å². The number of rotatable bonds is 5. The molecule has 2 aromatic carbocycles. The summed E-state index contributed by atoms with van der Waals surface area (Å²) in [5.41, 5.74) is 6.37. The van der Waals surface area contributed by atoms with Crippen LogP contribution in [0.3, 0.4) is 0 Å². The maximum atomic E-state index is 11.9. The van der Waals surface area contributed by atoms with E-state index in [-0.39, 0.29) is 11.7 Å². The fourth-order valence-electron chi connectivity index (χ4n) is 2.54. The number of H-pyrrole nitrogens is 2. The summed E-state index contributed by atoms with van der Waals surface area (Å²) in [6, 6.07) is 15.7. The fraction of sp³-hybridized carbons (Fsp3) is 0.0556. The van der Waals surface area contributed by atoms with E-state index in [0.29, 0.717) is 0 Å². The number of para-hydroxylation sites is 3. The minimum absolute atomic E-state index is 0.179. The van der Waals surface area contributed by atoms with Crippen molar-refractivity contribution < 1.29 is 4.79 Å². The average molecular weight is 349 g/mol. The molecule has 0 saturated heterocycles. The minimum atomic E-state index is -0.179. The Morgan fingerprint density at radius 3 is 2.84 bits per heavy atom. The molecule has 4 aromatic rings. The number of carbonyl (C=O) groups excluding carboxylic acids is 1. The lowest BCUT2D eigenvalue weighted by Gasteiger charge is -1.97. The third-order valence-electron chi connectivity index (χ3n) is 3.72. The van der Waals surface area contributed by atoms with Gasteiger partial charge < -0.3 is 9.97 Å². The van der Waals surface area contributed by atoms with Crippen LogP contribution >= 0.6 is 11.8 Å². The molecule has 0 atom stereocenters. The molecule has 0 radical (unpaired) electrons. The van der Waals surface area contributed by atoms with E-state index in [1.54, 1.807) is 6.21 Å². The number of hydrogen-bond donors (Lipinski definition) is 3. The van der Waals surface area contributed by atoms with Gasteiger partial charge in [-0.05, 0) is 18.2 Å². The first-order valence-electron chi connectivity index (χ1n) is 7.75. The van der Waals surface area contributed by atoms with Gasteiger partial charge >= 0.3 is 0 Å². The summed E-state index contributed by atoms with van der Waals surface area (Å²) in [7, 11) is 0. The second-order valence-electron chi connectivity index (χ2n) is 5.43. The number of benzene rings is 2. The molecule has 0 spiro atoms. The van der Waals surface area contributed by atoms with E-state index in [9.17, 15) is 4.79 Å². The van der Waals surface area contributed by atoms with Gasteiger partial charge in [0, 0.05) is 22.7 Å². The molecule has 1 amide bonds. The van der Waals surface area contributed by atoms with Crippen LogP contribution in [0.4, 0.5) is 0 Å². The Balaban J connectivity index is 1.34. The van der Waals surface area contributed by atoms with Gasteiger partial charge in [0.2, 0.25) is 0 Å². The first kappa shape index (κ1) is 15.5. The molecule has 0 bridgehead atoms. The Morgan fingerprint density at radius 2 is 1.96 bits per heavy atom. The molecule has 2 heterocycles. The number of aromatic nitrogens is 3. The number of thioether (sulfide) groups is 1. The molecule has 25 heavy (non-hydrogen) atoms. The summed E-state index contributed by atoms with van der Waals surface area (Å²) in [5, 5.41) is 5.82. The molecule has 6 nitrogen and oxygen atoms in total. The van der Waals surface area contributed by atoms with Gasteiger partial charge in [0.1, 0.15) is 0 Å². The Hall–Kier alpha value is -3.06. The molecule has 0 saturated carbocycles. The summed E-state index contributed by atoms with van der Waals surface area (Å²) in [5.74, 6) is 0.0620. The zero-order valence-electron chi connectivity index (χ0n) is 13.2. The van der Waals surface area contributed by atoms with Gasteiger partial charge in [0.25, 0.3) is 5.91 Å². The Labute approximate surface area is 147 Å². The molecule has 124 valence electrons. The molecule has 2 aromatic heterocycles. The predicted octanol–water partition coefficient (Wildman–Crippen LogP) is 3.29. The van der Waals surface area contributed by atoms with E-state index in [2.05, 4.69) is 25.5 Å². The number of nitrogens with one attached hydrogen (secondary N) is 3. The Kier molecular flexibility index (Phi) is 4.22. The highest BCUT2D eigenvalue weighted by molar-refractivity contribution is 7.99. The van der Waals surface area contributed by atoms with Crippen molar-refractivity contribution in [3.05, 3.63) is 60.3 Å². The normalized spacial score (nSPS) is 11.5. The van der Waals surface area contributed by atoms with Crippen LogP contribution in [0.1, 0.15) is 5.56 Å². The molecule has 0 unspecified atom stereocenters. The number of nitrogens with zero attached hydrogens (tertiary/aromatic N) is 2. The van der Waals surface area contributed by atoms with Crippen molar-refractivity contribution in [2.45, 2.75) is 5.16 Å². The third kappa shape index (κ3) is 3.41. The summed E-state index contributed by atoms with van der Waals surface area (Å²) in [6.45, 7) is 0. The number of carbonyl (C=O) groups is 1. The van der Waals surface area contributed by atoms with Crippen LogP contribution in [0.2, 0.25) is 0 Å². The van der Waals surface area contributed by atoms with Crippen LogP contribution in [0.15, 0.2) is 65.0 Å². The maximum absolute atomic E-state index is 11.9. The van der Waals surface area contributed by atoms with Crippen LogP contribution < -0.4 is 5.43 Å². The van der Waals surface area contributed by atoms with Crippen molar-refractivity contribution >= 4 is 45.8 Å². The van der Waals surface area contributed by atoms with Crippen LogP contribution in [0.5, 0.6) is 0 Å². The van der Waals surface area contributed by atoms with Crippen LogP contribution in [-0.4, -0.2) is 32.8 Å². The number of fused-ring (bicyclic) bond motifs is 2. The van der Waals surface area contributed by atoms with Crippen molar-refractivity contribution in [2.24, 2.45) is 5.10 Å². The highest BCUT2D eigenvalue weighted by Crippen LogP contribution is 2.19. The number of hydrogen-bond acceptors (Lipinski definition) is 4. The largest absolute Gasteiger partial charge is 0.361 e. The van der Waals surface area contributed by atoms with Gasteiger partial charge in [-0.2, -0.15) is 5.10 Å². The van der Waals surface area contributed by atoms with Crippen LogP contribution in [0, 0.1) is 0 Å². The summed E-state index contributed by atoms with van der Waals surface area (Å²) in [6.07, 6.45) is 3.51. The summed E-state index contributed by atoms with van der Waals surface area (Å²) >= 11 is 1.35. The average Bonchev–Trinajstić information content (AvgIpc) is 3.24. The quantitative estimate of drug-likeness (QED) is 0.294. The van der Waals surface area contributed by atoms with Gasteiger partial charge in [-0.1, -0.05) is 42.1 Å². The SMILES string of the molecule is O=C(CSc1nc2ccccc2[nH]1)NN=Cc1c[nH]c2ccccc12. The van der Waals surface area contributed by atoms with E-state index < -0.39 is 0 Å². The van der Waals surface area contributed by atoms with E-state index >= 15 is 0 Å². The monoisotopic (exact) mass is 349 g/mol. The van der Waals surface area contributed by atoms with Gasteiger partial charge in [-0.25, -0.2) is 10.4 Å². The molecule has 0 fully saturated rings. The lowest BCUT2D eigenvalue weighted by molar-refractivity contribution is -0.118. The molecule has 7 heteroatoms. The molecule has 3 N–H and O–H groups in total. The standard InChI is InChI=1S/C18H15N5OS/c24-17(11-25-18-21-15-7-3-4-8-16(15)22-18)23-20-10-12-9-19-14-6-2-1-5-13(12)14/h1-10,19H,11H2,(H,21,22)(H,23,24). The fourth-order valence-corrected chi connectivity index (χ4v) is 3.22. The number of imidazole rings is 1. The lowest BCUT2D eigenvalue weighted by Crippen LogP contribution is -2.19. The molecular formula is C18H15N5OS. The number of hydrazone groups is 1. The zero-order chi connectivity index (χ0) is 17.1. The molecule has 0 aliphatic rings. The van der Waals surface area contributed by atoms with Gasteiger partial charge in [-0.3, -0.25) is 4.79 Å². The topological polar surface area (TPSA) is 85.9 Å². The Bertz CT molecular complexity index is 1030. The van der Waals surface area contributed by atoms with E-state index in [0.717, 1.165) is 32.7 Å². The third-order valence-corrected chi connectivity index (χ3v) is 4.60. The highest BCUT2D eigenvalue weighted by Gasteiger charge is 2.06. The van der Waals surface area contributed by atoms with E-state index in [4.69, 9.17) is 0 Å². The predicted molar refractivity (Wildman–Crippen MR) is 101 cm³/mol. The van der Waals surface area contributed by atoms with Crippen molar-refractivity contribution in [3.63, 3.8) is 0 Å². The van der Waals surface area contributed by atoms with Crippen molar-refractivity contribution in [2.75, 3.05) is 5.75 Å². The zero-order valence-corrected chi connectivity index (χ0v) is 14.0. The summed E-state index contributed by atoms with van der Waals surface area (Å²) < 4.78 is 0. The molecule has 0 aliphatic carbocycles. The summed E-state index contributed by atoms with van der Waals surface area (Å²) in [4.78, 5) is 22.7.